The molecule has 0 radical (unpaired) electrons. The third-order valence-corrected chi connectivity index (χ3v) is 6.21. The van der Waals surface area contributed by atoms with Crippen LogP contribution in [0.1, 0.15) is 24.4 Å². The standard InChI is InChI=1S/C19H27N7O/c1-23-10-8-19(9-11-23)14-25(13-12-24(19)2)18(27)17(26-15-20-21-22-26)16-6-4-3-5-7-16/h3-7,15,17H,8-14H2,1-2H3/t17-/m0/s1. The summed E-state index contributed by atoms with van der Waals surface area (Å²) < 4.78 is 1.57. The van der Waals surface area contributed by atoms with Crippen LogP contribution in [0.15, 0.2) is 36.7 Å². The second kappa shape index (κ2) is 7.36. The molecule has 3 heterocycles. The molecule has 0 unspecified atom stereocenters. The summed E-state index contributed by atoms with van der Waals surface area (Å²) in [5.74, 6) is 0.0694. The maximum atomic E-state index is 13.6. The molecule has 27 heavy (non-hydrogen) atoms. The van der Waals surface area contributed by atoms with Gasteiger partial charge in [0.1, 0.15) is 6.33 Å². The van der Waals surface area contributed by atoms with Crippen LogP contribution in [-0.2, 0) is 4.79 Å². The molecule has 2 fully saturated rings. The molecule has 1 amide bonds. The lowest BCUT2D eigenvalue weighted by atomic mass is 9.83. The zero-order chi connectivity index (χ0) is 18.9. The van der Waals surface area contributed by atoms with Crippen molar-refractivity contribution in [3.05, 3.63) is 42.2 Å². The smallest absolute Gasteiger partial charge is 0.252 e. The molecule has 1 aromatic heterocycles. The van der Waals surface area contributed by atoms with E-state index in [-0.39, 0.29) is 11.4 Å². The molecule has 2 saturated heterocycles. The molecule has 0 aliphatic carbocycles. The molecule has 8 nitrogen and oxygen atoms in total. The summed E-state index contributed by atoms with van der Waals surface area (Å²) in [7, 11) is 4.37. The molecule has 0 bridgehead atoms. The highest BCUT2D eigenvalue weighted by Gasteiger charge is 2.44. The highest BCUT2D eigenvalue weighted by molar-refractivity contribution is 5.83. The Hall–Kier alpha value is -2.32. The molecule has 2 aliphatic rings. The van der Waals surface area contributed by atoms with E-state index >= 15 is 0 Å². The minimum Gasteiger partial charge on any atom is -0.337 e. The highest BCUT2D eigenvalue weighted by atomic mass is 16.2. The quantitative estimate of drug-likeness (QED) is 0.785. The van der Waals surface area contributed by atoms with Gasteiger partial charge in [-0.25, -0.2) is 4.68 Å². The third kappa shape index (κ3) is 3.46. The SMILES string of the molecule is CN1CCC2(CC1)CN(C(=O)[C@H](c1ccccc1)n1cnnn1)CCN2C. The van der Waals surface area contributed by atoms with Crippen LogP contribution in [0.2, 0.25) is 0 Å². The molecule has 0 N–H and O–H groups in total. The number of carbonyl (C=O) groups is 1. The van der Waals surface area contributed by atoms with Crippen molar-refractivity contribution in [3.8, 4) is 0 Å². The lowest BCUT2D eigenvalue weighted by molar-refractivity contribution is -0.140. The minimum absolute atomic E-state index is 0.0694. The topological polar surface area (TPSA) is 70.4 Å². The summed E-state index contributed by atoms with van der Waals surface area (Å²) in [6.45, 7) is 4.54. The van der Waals surface area contributed by atoms with Gasteiger partial charge in [-0.2, -0.15) is 0 Å². The Labute approximate surface area is 159 Å². The number of likely N-dealkylation sites (N-methyl/N-ethyl adjacent to an activating group) is 1. The summed E-state index contributed by atoms with van der Waals surface area (Å²) in [4.78, 5) is 20.4. The van der Waals surface area contributed by atoms with Crippen LogP contribution >= 0.6 is 0 Å². The largest absolute Gasteiger partial charge is 0.337 e. The van der Waals surface area contributed by atoms with E-state index < -0.39 is 6.04 Å². The lowest BCUT2D eigenvalue weighted by Crippen LogP contribution is -2.65. The molecule has 2 aliphatic heterocycles. The summed E-state index contributed by atoms with van der Waals surface area (Å²) in [6.07, 6.45) is 3.70. The number of aromatic nitrogens is 4. The van der Waals surface area contributed by atoms with Crippen LogP contribution in [0.3, 0.4) is 0 Å². The first-order valence-electron chi connectivity index (χ1n) is 9.55. The fourth-order valence-corrected chi connectivity index (χ4v) is 4.33. The predicted octanol–water partition coefficient (Wildman–Crippen LogP) is 0.501. The van der Waals surface area contributed by atoms with Gasteiger partial charge in [0, 0.05) is 25.2 Å². The number of rotatable bonds is 3. The molecule has 0 saturated carbocycles. The summed E-state index contributed by atoms with van der Waals surface area (Å²) >= 11 is 0. The van der Waals surface area contributed by atoms with Crippen molar-refractivity contribution < 1.29 is 4.79 Å². The van der Waals surface area contributed by atoms with Crippen molar-refractivity contribution >= 4 is 5.91 Å². The van der Waals surface area contributed by atoms with Crippen molar-refractivity contribution in [3.63, 3.8) is 0 Å². The van der Waals surface area contributed by atoms with Crippen molar-refractivity contribution in [1.29, 1.82) is 0 Å². The highest BCUT2D eigenvalue weighted by Crippen LogP contribution is 2.32. The lowest BCUT2D eigenvalue weighted by Gasteiger charge is -2.53. The number of hydrogen-bond acceptors (Lipinski definition) is 6. The Morgan fingerprint density at radius 1 is 1.07 bits per heavy atom. The number of piperidine rings is 1. The Bertz CT molecular complexity index is 756. The summed E-state index contributed by atoms with van der Waals surface area (Å²) in [6, 6.07) is 9.25. The van der Waals surface area contributed by atoms with E-state index in [1.165, 1.54) is 6.33 Å². The second-order valence-electron chi connectivity index (χ2n) is 7.81. The Morgan fingerprint density at radius 3 is 2.48 bits per heavy atom. The van der Waals surface area contributed by atoms with E-state index in [0.29, 0.717) is 0 Å². The van der Waals surface area contributed by atoms with E-state index in [1.807, 2.05) is 35.2 Å². The molecule has 4 rings (SSSR count). The number of piperazine rings is 1. The van der Waals surface area contributed by atoms with Crippen molar-refractivity contribution in [2.75, 3.05) is 46.8 Å². The normalized spacial score (nSPS) is 22.1. The molecular weight excluding hydrogens is 342 g/mol. The Balaban J connectivity index is 1.60. The van der Waals surface area contributed by atoms with E-state index in [1.54, 1.807) is 4.68 Å². The van der Waals surface area contributed by atoms with Crippen LogP contribution in [-0.4, -0.2) is 93.2 Å². The molecule has 1 spiro atoms. The number of likely N-dealkylation sites (tertiary alicyclic amines) is 1. The van der Waals surface area contributed by atoms with E-state index in [4.69, 9.17) is 0 Å². The number of nitrogens with zero attached hydrogens (tertiary/aromatic N) is 7. The number of carbonyl (C=O) groups excluding carboxylic acids is 1. The van der Waals surface area contributed by atoms with Crippen molar-refractivity contribution in [2.24, 2.45) is 0 Å². The van der Waals surface area contributed by atoms with Gasteiger partial charge in [-0.05, 0) is 56.0 Å². The fraction of sp³-hybridized carbons (Fsp3) is 0.579. The van der Waals surface area contributed by atoms with E-state index in [0.717, 1.165) is 51.1 Å². The minimum atomic E-state index is -0.520. The number of benzene rings is 1. The molecule has 144 valence electrons. The van der Waals surface area contributed by atoms with Crippen LogP contribution in [0, 0.1) is 0 Å². The monoisotopic (exact) mass is 369 g/mol. The Morgan fingerprint density at radius 2 is 1.81 bits per heavy atom. The van der Waals surface area contributed by atoms with Crippen molar-refractivity contribution in [1.82, 2.24) is 34.9 Å². The van der Waals surface area contributed by atoms with Gasteiger partial charge in [0.05, 0.1) is 0 Å². The molecular formula is C19H27N7O. The second-order valence-corrected chi connectivity index (χ2v) is 7.81. The number of tetrazole rings is 1. The zero-order valence-electron chi connectivity index (χ0n) is 16.0. The van der Waals surface area contributed by atoms with Gasteiger partial charge in [-0.1, -0.05) is 30.3 Å². The maximum absolute atomic E-state index is 13.6. The van der Waals surface area contributed by atoms with Gasteiger partial charge < -0.3 is 9.80 Å². The van der Waals surface area contributed by atoms with Crippen LogP contribution in [0.4, 0.5) is 0 Å². The number of amides is 1. The first kappa shape index (κ1) is 18.1. The van der Waals surface area contributed by atoms with Gasteiger partial charge in [-0.15, -0.1) is 5.10 Å². The van der Waals surface area contributed by atoms with Gasteiger partial charge in [0.15, 0.2) is 6.04 Å². The van der Waals surface area contributed by atoms with Gasteiger partial charge >= 0.3 is 0 Å². The van der Waals surface area contributed by atoms with E-state index in [2.05, 4.69) is 39.4 Å². The van der Waals surface area contributed by atoms with Gasteiger partial charge in [-0.3, -0.25) is 9.69 Å². The molecule has 2 aromatic rings. The zero-order valence-corrected chi connectivity index (χ0v) is 16.0. The molecule has 1 atom stereocenters. The maximum Gasteiger partial charge on any atom is 0.252 e. The van der Waals surface area contributed by atoms with E-state index in [9.17, 15) is 4.79 Å². The van der Waals surface area contributed by atoms with Crippen molar-refractivity contribution in [2.45, 2.75) is 24.4 Å². The third-order valence-electron chi connectivity index (χ3n) is 6.21. The van der Waals surface area contributed by atoms with Crippen LogP contribution in [0.25, 0.3) is 0 Å². The summed E-state index contributed by atoms with van der Waals surface area (Å²) in [5.41, 5.74) is 0.980. The first-order valence-corrected chi connectivity index (χ1v) is 9.55. The van der Waals surface area contributed by atoms with Crippen LogP contribution < -0.4 is 0 Å². The molecule has 1 aromatic carbocycles. The van der Waals surface area contributed by atoms with Crippen LogP contribution in [0.5, 0.6) is 0 Å². The average molecular weight is 369 g/mol. The summed E-state index contributed by atoms with van der Waals surface area (Å²) in [5, 5.41) is 11.5. The van der Waals surface area contributed by atoms with Gasteiger partial charge in [0.2, 0.25) is 0 Å². The molecule has 8 heteroatoms. The number of hydrogen-bond donors (Lipinski definition) is 0. The Kier molecular flexibility index (Phi) is 4.92. The fourth-order valence-electron chi connectivity index (χ4n) is 4.33. The first-order chi connectivity index (χ1) is 13.1. The van der Waals surface area contributed by atoms with Gasteiger partial charge in [0.25, 0.3) is 5.91 Å². The average Bonchev–Trinajstić information content (AvgIpc) is 3.21. The predicted molar refractivity (Wildman–Crippen MR) is 101 cm³/mol.